The Balaban J connectivity index is 2.96. The van der Waals surface area contributed by atoms with Gasteiger partial charge in [-0.1, -0.05) is 24.3 Å². The molecule has 0 aliphatic rings. The highest BCUT2D eigenvalue weighted by Crippen LogP contribution is 2.28. The van der Waals surface area contributed by atoms with Crippen molar-refractivity contribution >= 4 is 26.7 Å². The number of rotatable bonds is 1. The van der Waals surface area contributed by atoms with E-state index in [0.717, 1.165) is 0 Å². The van der Waals surface area contributed by atoms with E-state index in [4.69, 9.17) is 5.73 Å². The first-order valence-electron chi connectivity index (χ1n) is 4.22. The monoisotopic (exact) mass is 225 g/mol. The van der Waals surface area contributed by atoms with Crippen molar-refractivity contribution in [3.8, 4) is 0 Å². The number of nitrogens with two attached hydrogens (primary N) is 1. The van der Waals surface area contributed by atoms with Gasteiger partial charge in [0.05, 0.1) is 0 Å². The second-order valence-electron chi connectivity index (χ2n) is 3.14. The van der Waals surface area contributed by atoms with Crippen LogP contribution in [0, 0.1) is 0 Å². The quantitative estimate of drug-likeness (QED) is 0.597. The molecule has 0 unspecified atom stereocenters. The zero-order valence-corrected chi connectivity index (χ0v) is 8.46. The number of benzene rings is 2. The normalized spacial score (nSPS) is 11.8. The third-order valence-corrected chi connectivity index (χ3v) is 3.06. The molecule has 0 saturated carbocycles. The van der Waals surface area contributed by atoms with Gasteiger partial charge in [-0.15, -0.1) is 3.89 Å². The SMILES string of the molecule is Nc1ccc(S(=O)(=O)F)c2ccccc12. The maximum absolute atomic E-state index is 12.9. The highest BCUT2D eigenvalue weighted by atomic mass is 32.3. The van der Waals surface area contributed by atoms with Gasteiger partial charge in [0.1, 0.15) is 4.90 Å². The van der Waals surface area contributed by atoms with Gasteiger partial charge in [-0.05, 0) is 12.1 Å². The number of hydrogen-bond donors (Lipinski definition) is 1. The van der Waals surface area contributed by atoms with Crippen LogP contribution in [0.1, 0.15) is 0 Å². The Morgan fingerprint density at radius 2 is 1.60 bits per heavy atom. The van der Waals surface area contributed by atoms with Crippen molar-refractivity contribution in [1.29, 1.82) is 0 Å². The number of fused-ring (bicyclic) bond motifs is 1. The van der Waals surface area contributed by atoms with E-state index in [-0.39, 0.29) is 4.90 Å². The Bertz CT molecular complexity index is 622. The van der Waals surface area contributed by atoms with E-state index in [2.05, 4.69) is 0 Å². The number of nitrogen functional groups attached to an aromatic ring is 1. The van der Waals surface area contributed by atoms with Gasteiger partial charge in [-0.2, -0.15) is 8.42 Å². The average molecular weight is 225 g/mol. The second-order valence-corrected chi connectivity index (χ2v) is 4.45. The molecule has 0 radical (unpaired) electrons. The van der Waals surface area contributed by atoms with E-state index >= 15 is 0 Å². The molecule has 0 amide bonds. The first kappa shape index (κ1) is 9.92. The fraction of sp³-hybridized carbons (Fsp3) is 0. The molecule has 5 heteroatoms. The molecule has 0 spiro atoms. The summed E-state index contributed by atoms with van der Waals surface area (Å²) in [6.45, 7) is 0. The smallest absolute Gasteiger partial charge is 0.332 e. The maximum atomic E-state index is 12.9. The van der Waals surface area contributed by atoms with Gasteiger partial charge >= 0.3 is 10.2 Å². The molecule has 0 aliphatic carbocycles. The molecule has 2 aromatic rings. The van der Waals surface area contributed by atoms with E-state index in [1.54, 1.807) is 18.2 Å². The van der Waals surface area contributed by atoms with E-state index in [1.165, 1.54) is 18.2 Å². The van der Waals surface area contributed by atoms with Crippen molar-refractivity contribution in [2.24, 2.45) is 0 Å². The van der Waals surface area contributed by atoms with Crippen LogP contribution in [0.4, 0.5) is 9.57 Å². The number of hydrogen-bond acceptors (Lipinski definition) is 3. The van der Waals surface area contributed by atoms with Crippen molar-refractivity contribution in [3.63, 3.8) is 0 Å². The van der Waals surface area contributed by atoms with Crippen LogP contribution in [-0.4, -0.2) is 8.42 Å². The van der Waals surface area contributed by atoms with Gasteiger partial charge in [0.2, 0.25) is 0 Å². The van der Waals surface area contributed by atoms with Crippen LogP contribution in [0.25, 0.3) is 10.8 Å². The van der Waals surface area contributed by atoms with E-state index in [9.17, 15) is 12.3 Å². The lowest BCUT2D eigenvalue weighted by molar-refractivity contribution is 0.553. The molecule has 0 saturated heterocycles. The molecule has 15 heavy (non-hydrogen) atoms. The van der Waals surface area contributed by atoms with Gasteiger partial charge in [0.25, 0.3) is 0 Å². The lowest BCUT2D eigenvalue weighted by Gasteiger charge is -2.04. The minimum absolute atomic E-state index is 0.306. The minimum atomic E-state index is -4.70. The van der Waals surface area contributed by atoms with Gasteiger partial charge < -0.3 is 5.73 Å². The van der Waals surface area contributed by atoms with Crippen LogP contribution in [0.15, 0.2) is 41.3 Å². The zero-order valence-electron chi connectivity index (χ0n) is 7.64. The molecule has 0 fully saturated rings. The fourth-order valence-electron chi connectivity index (χ4n) is 1.51. The Morgan fingerprint density at radius 1 is 1.00 bits per heavy atom. The average Bonchev–Trinajstić information content (AvgIpc) is 2.17. The van der Waals surface area contributed by atoms with Crippen molar-refractivity contribution in [1.82, 2.24) is 0 Å². The van der Waals surface area contributed by atoms with Crippen LogP contribution >= 0.6 is 0 Å². The molecule has 0 heterocycles. The van der Waals surface area contributed by atoms with Crippen LogP contribution < -0.4 is 5.73 Å². The van der Waals surface area contributed by atoms with Crippen LogP contribution in [0.2, 0.25) is 0 Å². The summed E-state index contributed by atoms with van der Waals surface area (Å²) in [7, 11) is -4.70. The Hall–Kier alpha value is -1.62. The van der Waals surface area contributed by atoms with Gasteiger partial charge in [-0.25, -0.2) is 0 Å². The lowest BCUT2D eigenvalue weighted by atomic mass is 10.1. The Labute approximate surface area is 86.5 Å². The summed E-state index contributed by atoms with van der Waals surface area (Å²) in [5.41, 5.74) is 6.08. The molecule has 0 bridgehead atoms. The molecule has 0 aromatic heterocycles. The van der Waals surface area contributed by atoms with Gasteiger partial charge in [0.15, 0.2) is 0 Å². The summed E-state index contributed by atoms with van der Waals surface area (Å²) in [6.07, 6.45) is 0. The van der Waals surface area contributed by atoms with Gasteiger partial charge in [-0.3, -0.25) is 0 Å². The molecular formula is C10H8FNO2S. The summed E-state index contributed by atoms with van der Waals surface area (Å²) < 4.78 is 34.6. The molecule has 0 atom stereocenters. The zero-order chi connectivity index (χ0) is 11.1. The van der Waals surface area contributed by atoms with E-state index in [0.29, 0.717) is 16.5 Å². The molecule has 78 valence electrons. The summed E-state index contributed by atoms with van der Waals surface area (Å²) in [4.78, 5) is -0.340. The summed E-state index contributed by atoms with van der Waals surface area (Å²) in [6, 6.07) is 9.09. The highest BCUT2D eigenvalue weighted by molar-refractivity contribution is 7.86. The maximum Gasteiger partial charge on any atom is 0.332 e. The molecule has 2 rings (SSSR count). The van der Waals surface area contributed by atoms with Crippen molar-refractivity contribution in [2.45, 2.75) is 4.90 Å². The van der Waals surface area contributed by atoms with Crippen molar-refractivity contribution in [3.05, 3.63) is 36.4 Å². The molecule has 2 N–H and O–H groups in total. The van der Waals surface area contributed by atoms with Crippen molar-refractivity contribution < 1.29 is 12.3 Å². The number of halogens is 1. The summed E-state index contributed by atoms with van der Waals surface area (Å²) >= 11 is 0. The first-order valence-corrected chi connectivity index (χ1v) is 5.60. The standard InChI is InChI=1S/C10H8FNO2S/c11-15(13,14)10-6-5-9(12)7-3-1-2-4-8(7)10/h1-6H,12H2. The Kier molecular flexibility index (Phi) is 2.12. The second kappa shape index (κ2) is 3.20. The minimum Gasteiger partial charge on any atom is -0.398 e. The van der Waals surface area contributed by atoms with Crippen LogP contribution in [0.5, 0.6) is 0 Å². The lowest BCUT2D eigenvalue weighted by Crippen LogP contribution is -1.95. The predicted octanol–water partition coefficient (Wildman–Crippen LogP) is 2.08. The summed E-state index contributed by atoms with van der Waals surface area (Å²) in [5.74, 6) is 0. The summed E-state index contributed by atoms with van der Waals surface area (Å²) in [5, 5.41) is 0.844. The predicted molar refractivity (Wildman–Crippen MR) is 56.7 cm³/mol. The largest absolute Gasteiger partial charge is 0.398 e. The first-order chi connectivity index (χ1) is 7.00. The Morgan fingerprint density at radius 3 is 2.20 bits per heavy atom. The van der Waals surface area contributed by atoms with E-state index < -0.39 is 10.2 Å². The molecule has 2 aromatic carbocycles. The third-order valence-electron chi connectivity index (χ3n) is 2.18. The van der Waals surface area contributed by atoms with Crippen LogP contribution in [-0.2, 0) is 10.2 Å². The fourth-order valence-corrected chi connectivity index (χ4v) is 2.18. The van der Waals surface area contributed by atoms with Gasteiger partial charge in [0, 0.05) is 16.5 Å². The topological polar surface area (TPSA) is 60.2 Å². The van der Waals surface area contributed by atoms with E-state index in [1.807, 2.05) is 0 Å². The third kappa shape index (κ3) is 1.66. The molecular weight excluding hydrogens is 217 g/mol. The molecule has 0 aliphatic heterocycles. The molecule has 3 nitrogen and oxygen atoms in total. The number of anilines is 1. The van der Waals surface area contributed by atoms with Crippen molar-refractivity contribution in [2.75, 3.05) is 5.73 Å². The van der Waals surface area contributed by atoms with Crippen LogP contribution in [0.3, 0.4) is 0 Å². The highest BCUT2D eigenvalue weighted by Gasteiger charge is 2.16.